The Morgan fingerprint density at radius 3 is 2.55 bits per heavy atom. The monoisotopic (exact) mass is 294 g/mol. The van der Waals surface area contributed by atoms with Crippen molar-refractivity contribution in [2.45, 2.75) is 26.3 Å². The third-order valence-electron chi connectivity index (χ3n) is 4.37. The highest BCUT2D eigenvalue weighted by atomic mass is 16.2. The van der Waals surface area contributed by atoms with Crippen molar-refractivity contribution >= 4 is 17.5 Å². The molecule has 1 saturated heterocycles. The van der Waals surface area contributed by atoms with Gasteiger partial charge in [-0.25, -0.2) is 9.97 Å². The van der Waals surface area contributed by atoms with Crippen LogP contribution in [0.15, 0.2) is 30.5 Å². The van der Waals surface area contributed by atoms with Gasteiger partial charge in [-0.15, -0.1) is 0 Å². The normalized spacial score (nSPS) is 17.2. The van der Waals surface area contributed by atoms with E-state index in [0.29, 0.717) is 12.1 Å². The number of amides is 1. The predicted octanol–water partition coefficient (Wildman–Crippen LogP) is 2.55. The molecule has 2 aromatic rings. The summed E-state index contributed by atoms with van der Waals surface area (Å²) < 4.78 is 0. The van der Waals surface area contributed by atoms with E-state index in [-0.39, 0.29) is 5.91 Å². The lowest BCUT2D eigenvalue weighted by molar-refractivity contribution is 0.0996. The summed E-state index contributed by atoms with van der Waals surface area (Å²) in [5.41, 5.74) is 3.56. The van der Waals surface area contributed by atoms with Crippen molar-refractivity contribution in [1.29, 1.82) is 0 Å². The lowest BCUT2D eigenvalue weighted by Gasteiger charge is -2.15. The number of rotatable bonds is 2. The first-order chi connectivity index (χ1) is 10.7. The van der Waals surface area contributed by atoms with Gasteiger partial charge in [0.1, 0.15) is 0 Å². The second-order valence-electron chi connectivity index (χ2n) is 5.95. The van der Waals surface area contributed by atoms with Crippen LogP contribution in [-0.2, 0) is 6.54 Å². The Morgan fingerprint density at radius 1 is 1.09 bits per heavy atom. The second kappa shape index (κ2) is 5.09. The SMILES string of the molecule is Cc1ccc(N2Cc3nc(N4CCCC4)ncc3C2=O)cc1. The zero-order chi connectivity index (χ0) is 15.1. The molecule has 112 valence electrons. The number of carbonyl (C=O) groups excluding carboxylic acids is 1. The minimum atomic E-state index is -0.00757. The molecule has 0 aliphatic carbocycles. The van der Waals surface area contributed by atoms with Crippen LogP contribution in [0, 0.1) is 6.92 Å². The van der Waals surface area contributed by atoms with Crippen molar-refractivity contribution < 1.29 is 4.79 Å². The van der Waals surface area contributed by atoms with E-state index in [9.17, 15) is 4.79 Å². The molecule has 0 N–H and O–H groups in total. The van der Waals surface area contributed by atoms with Crippen molar-refractivity contribution in [3.05, 3.63) is 47.3 Å². The maximum atomic E-state index is 12.5. The summed E-state index contributed by atoms with van der Waals surface area (Å²) in [5, 5.41) is 0. The topological polar surface area (TPSA) is 49.3 Å². The summed E-state index contributed by atoms with van der Waals surface area (Å²) in [6, 6.07) is 8.00. The van der Waals surface area contributed by atoms with E-state index >= 15 is 0 Å². The van der Waals surface area contributed by atoms with Crippen LogP contribution in [0.2, 0.25) is 0 Å². The van der Waals surface area contributed by atoms with Gasteiger partial charge in [0.15, 0.2) is 0 Å². The Balaban J connectivity index is 1.64. The molecule has 0 bridgehead atoms. The van der Waals surface area contributed by atoms with E-state index in [0.717, 1.165) is 30.4 Å². The van der Waals surface area contributed by atoms with Crippen molar-refractivity contribution in [3.63, 3.8) is 0 Å². The minimum absolute atomic E-state index is 0.00757. The van der Waals surface area contributed by atoms with Crippen molar-refractivity contribution in [3.8, 4) is 0 Å². The first-order valence-electron chi connectivity index (χ1n) is 7.72. The summed E-state index contributed by atoms with van der Waals surface area (Å²) in [6.45, 7) is 4.58. The van der Waals surface area contributed by atoms with E-state index in [1.54, 1.807) is 11.1 Å². The van der Waals surface area contributed by atoms with E-state index in [1.807, 2.05) is 31.2 Å². The summed E-state index contributed by atoms with van der Waals surface area (Å²) >= 11 is 0. The number of anilines is 2. The molecule has 1 fully saturated rings. The van der Waals surface area contributed by atoms with Gasteiger partial charge in [0.25, 0.3) is 5.91 Å². The summed E-state index contributed by atoms with van der Waals surface area (Å²) in [5.74, 6) is 0.752. The fraction of sp³-hybridized carbons (Fsp3) is 0.353. The number of hydrogen-bond donors (Lipinski definition) is 0. The van der Waals surface area contributed by atoms with Crippen LogP contribution in [0.5, 0.6) is 0 Å². The van der Waals surface area contributed by atoms with Crippen LogP contribution in [-0.4, -0.2) is 29.0 Å². The Morgan fingerprint density at radius 2 is 1.82 bits per heavy atom. The van der Waals surface area contributed by atoms with Crippen LogP contribution in [0.4, 0.5) is 11.6 Å². The molecule has 0 unspecified atom stereocenters. The fourth-order valence-electron chi connectivity index (χ4n) is 3.08. The summed E-state index contributed by atoms with van der Waals surface area (Å²) in [6.07, 6.45) is 4.07. The molecule has 2 aliphatic heterocycles. The molecule has 5 nitrogen and oxygen atoms in total. The average molecular weight is 294 g/mol. The highest BCUT2D eigenvalue weighted by Crippen LogP contribution is 2.28. The number of nitrogens with zero attached hydrogens (tertiary/aromatic N) is 4. The van der Waals surface area contributed by atoms with Gasteiger partial charge in [-0.1, -0.05) is 17.7 Å². The number of hydrogen-bond acceptors (Lipinski definition) is 4. The minimum Gasteiger partial charge on any atom is -0.341 e. The van der Waals surface area contributed by atoms with Gasteiger partial charge in [0.05, 0.1) is 17.8 Å². The number of benzene rings is 1. The van der Waals surface area contributed by atoms with Gasteiger partial charge in [0.2, 0.25) is 5.95 Å². The van der Waals surface area contributed by atoms with Gasteiger partial charge in [-0.2, -0.15) is 0 Å². The van der Waals surface area contributed by atoms with E-state index in [2.05, 4.69) is 14.9 Å². The van der Waals surface area contributed by atoms with E-state index in [4.69, 9.17) is 0 Å². The molecule has 22 heavy (non-hydrogen) atoms. The third kappa shape index (κ3) is 2.13. The molecule has 1 aromatic heterocycles. The number of aromatic nitrogens is 2. The van der Waals surface area contributed by atoms with E-state index in [1.165, 1.54) is 18.4 Å². The first kappa shape index (κ1) is 13.2. The molecule has 0 radical (unpaired) electrons. The summed E-state index contributed by atoms with van der Waals surface area (Å²) in [7, 11) is 0. The standard InChI is InChI=1S/C17H18N4O/c1-12-4-6-13(7-5-12)21-11-15-14(16(21)22)10-18-17(19-15)20-8-2-3-9-20/h4-7,10H,2-3,8-9,11H2,1H3. The Labute approximate surface area is 129 Å². The molecular formula is C17H18N4O. The lowest BCUT2D eigenvalue weighted by atomic mass is 10.2. The van der Waals surface area contributed by atoms with Crippen LogP contribution in [0.25, 0.3) is 0 Å². The lowest BCUT2D eigenvalue weighted by Crippen LogP contribution is -2.22. The Kier molecular flexibility index (Phi) is 3.06. The van der Waals surface area contributed by atoms with Crippen LogP contribution < -0.4 is 9.80 Å². The molecular weight excluding hydrogens is 276 g/mol. The fourth-order valence-corrected chi connectivity index (χ4v) is 3.08. The molecule has 0 saturated carbocycles. The van der Waals surface area contributed by atoms with Crippen molar-refractivity contribution in [2.24, 2.45) is 0 Å². The van der Waals surface area contributed by atoms with Crippen molar-refractivity contribution in [1.82, 2.24) is 9.97 Å². The number of fused-ring (bicyclic) bond motifs is 1. The smallest absolute Gasteiger partial charge is 0.262 e. The highest BCUT2D eigenvalue weighted by molar-refractivity contribution is 6.09. The molecule has 3 heterocycles. The number of aryl methyl sites for hydroxylation is 1. The van der Waals surface area contributed by atoms with Crippen LogP contribution in [0.3, 0.4) is 0 Å². The largest absolute Gasteiger partial charge is 0.341 e. The molecule has 0 spiro atoms. The van der Waals surface area contributed by atoms with Gasteiger partial charge >= 0.3 is 0 Å². The maximum Gasteiger partial charge on any atom is 0.262 e. The van der Waals surface area contributed by atoms with Crippen LogP contribution >= 0.6 is 0 Å². The molecule has 4 rings (SSSR count). The third-order valence-corrected chi connectivity index (χ3v) is 4.37. The molecule has 0 atom stereocenters. The Bertz CT molecular complexity index is 720. The quantitative estimate of drug-likeness (QED) is 0.854. The van der Waals surface area contributed by atoms with Gasteiger partial charge < -0.3 is 9.80 Å². The van der Waals surface area contributed by atoms with Gasteiger partial charge in [0, 0.05) is 25.0 Å². The van der Waals surface area contributed by atoms with Gasteiger partial charge in [-0.3, -0.25) is 4.79 Å². The molecule has 2 aliphatic rings. The predicted molar refractivity (Wildman–Crippen MR) is 85.2 cm³/mol. The maximum absolute atomic E-state index is 12.5. The zero-order valence-corrected chi connectivity index (χ0v) is 12.6. The highest BCUT2D eigenvalue weighted by Gasteiger charge is 2.31. The van der Waals surface area contributed by atoms with Crippen molar-refractivity contribution in [2.75, 3.05) is 22.9 Å². The molecule has 1 aromatic carbocycles. The first-order valence-corrected chi connectivity index (χ1v) is 7.72. The van der Waals surface area contributed by atoms with Gasteiger partial charge in [-0.05, 0) is 31.9 Å². The second-order valence-corrected chi connectivity index (χ2v) is 5.95. The van der Waals surface area contributed by atoms with Crippen LogP contribution in [0.1, 0.15) is 34.5 Å². The molecule has 5 heteroatoms. The van der Waals surface area contributed by atoms with E-state index < -0.39 is 0 Å². The Hall–Kier alpha value is -2.43. The number of carbonyl (C=O) groups is 1. The molecule has 1 amide bonds. The average Bonchev–Trinajstić information content (AvgIpc) is 3.16. The zero-order valence-electron chi connectivity index (χ0n) is 12.6. The summed E-state index contributed by atoms with van der Waals surface area (Å²) in [4.78, 5) is 25.5.